The normalized spacial score (nSPS) is 17.6. The minimum atomic E-state index is -0.633. The van der Waals surface area contributed by atoms with Crippen LogP contribution >= 0.6 is 0 Å². The van der Waals surface area contributed by atoms with Gasteiger partial charge in [0, 0.05) is 11.2 Å². The first kappa shape index (κ1) is 8.51. The summed E-state index contributed by atoms with van der Waals surface area (Å²) in [6, 6.07) is 9.56. The maximum Gasteiger partial charge on any atom is 0.105 e. The summed E-state index contributed by atoms with van der Waals surface area (Å²) in [7, 11) is 0. The van der Waals surface area contributed by atoms with Crippen LogP contribution in [-0.2, 0) is 5.60 Å². The van der Waals surface area contributed by atoms with E-state index in [-0.39, 0.29) is 0 Å². The first-order chi connectivity index (χ1) is 7.21. The number of nitriles is 1. The van der Waals surface area contributed by atoms with Gasteiger partial charge in [0.2, 0.25) is 0 Å². The lowest BCUT2D eigenvalue weighted by atomic mass is 10.1. The molecule has 0 bridgehead atoms. The Bertz CT molecular complexity index is 573. The summed E-state index contributed by atoms with van der Waals surface area (Å²) in [4.78, 5) is 3.17. The van der Waals surface area contributed by atoms with Crippen LogP contribution in [0.2, 0.25) is 0 Å². The molecule has 0 atom stereocenters. The molecule has 2 N–H and O–H groups in total. The van der Waals surface area contributed by atoms with Gasteiger partial charge in [-0.25, -0.2) is 0 Å². The summed E-state index contributed by atoms with van der Waals surface area (Å²) in [6.45, 7) is 0. The molecule has 0 saturated heterocycles. The highest BCUT2D eigenvalue weighted by atomic mass is 16.3. The van der Waals surface area contributed by atoms with Crippen molar-refractivity contribution in [2.24, 2.45) is 0 Å². The Morgan fingerprint density at radius 3 is 2.80 bits per heavy atom. The number of aromatic nitrogens is 1. The minimum Gasteiger partial charge on any atom is -0.384 e. The van der Waals surface area contributed by atoms with E-state index in [1.165, 1.54) is 0 Å². The topological polar surface area (TPSA) is 59.8 Å². The molecule has 15 heavy (non-hydrogen) atoms. The fourth-order valence-corrected chi connectivity index (χ4v) is 1.84. The van der Waals surface area contributed by atoms with Crippen LogP contribution in [0.1, 0.15) is 24.1 Å². The third-order valence-electron chi connectivity index (χ3n) is 2.98. The number of benzene rings is 1. The van der Waals surface area contributed by atoms with Crippen LogP contribution in [0.4, 0.5) is 0 Å². The molecule has 0 amide bonds. The van der Waals surface area contributed by atoms with Gasteiger partial charge in [0.15, 0.2) is 0 Å². The van der Waals surface area contributed by atoms with Crippen molar-refractivity contribution in [2.45, 2.75) is 18.4 Å². The van der Waals surface area contributed by atoms with Gasteiger partial charge in [-0.3, -0.25) is 0 Å². The maximum absolute atomic E-state index is 9.93. The van der Waals surface area contributed by atoms with E-state index in [1.807, 2.05) is 18.2 Å². The molecule has 1 aromatic carbocycles. The van der Waals surface area contributed by atoms with Crippen molar-refractivity contribution >= 4 is 10.9 Å². The number of fused-ring (bicyclic) bond motifs is 1. The lowest BCUT2D eigenvalue weighted by molar-refractivity contribution is 0.147. The van der Waals surface area contributed by atoms with Gasteiger partial charge in [-0.1, -0.05) is 6.07 Å². The monoisotopic (exact) mass is 198 g/mol. The molecular weight excluding hydrogens is 188 g/mol. The molecule has 1 aromatic heterocycles. The van der Waals surface area contributed by atoms with Crippen molar-refractivity contribution in [1.29, 1.82) is 5.26 Å². The first-order valence-corrected chi connectivity index (χ1v) is 4.97. The molecule has 0 unspecified atom stereocenters. The summed E-state index contributed by atoms with van der Waals surface area (Å²) in [5.74, 6) is 0. The molecule has 74 valence electrons. The number of rotatable bonds is 1. The van der Waals surface area contributed by atoms with Gasteiger partial charge >= 0.3 is 0 Å². The number of H-pyrrole nitrogens is 1. The Labute approximate surface area is 87.0 Å². The second kappa shape index (κ2) is 2.62. The zero-order chi connectivity index (χ0) is 10.5. The predicted octanol–water partition coefficient (Wildman–Crippen LogP) is 2.02. The van der Waals surface area contributed by atoms with Crippen molar-refractivity contribution in [3.63, 3.8) is 0 Å². The quantitative estimate of drug-likeness (QED) is 0.736. The molecule has 1 heterocycles. The second-order valence-electron chi connectivity index (χ2n) is 4.13. The third kappa shape index (κ3) is 1.23. The predicted molar refractivity (Wildman–Crippen MR) is 56.1 cm³/mol. The molecule has 3 rings (SSSR count). The van der Waals surface area contributed by atoms with E-state index in [0.29, 0.717) is 5.56 Å². The Kier molecular flexibility index (Phi) is 1.49. The summed E-state index contributed by atoms with van der Waals surface area (Å²) in [5, 5.41) is 19.7. The van der Waals surface area contributed by atoms with Crippen molar-refractivity contribution in [3.05, 3.63) is 35.5 Å². The van der Waals surface area contributed by atoms with E-state index >= 15 is 0 Å². The van der Waals surface area contributed by atoms with E-state index in [1.54, 1.807) is 6.07 Å². The highest BCUT2D eigenvalue weighted by Gasteiger charge is 2.43. The van der Waals surface area contributed by atoms with Crippen molar-refractivity contribution in [1.82, 2.24) is 4.98 Å². The second-order valence-corrected chi connectivity index (χ2v) is 4.13. The standard InChI is InChI=1S/C12H10N2O/c13-7-8-1-2-9-6-11(12(15)3-4-12)14-10(9)5-8/h1-2,5-6,14-15H,3-4H2. The summed E-state index contributed by atoms with van der Waals surface area (Å²) < 4.78 is 0. The molecule has 1 saturated carbocycles. The van der Waals surface area contributed by atoms with Gasteiger partial charge in [0.25, 0.3) is 0 Å². The molecule has 2 aromatic rings. The Morgan fingerprint density at radius 1 is 1.33 bits per heavy atom. The average Bonchev–Trinajstić information content (AvgIpc) is 2.85. The summed E-state index contributed by atoms with van der Waals surface area (Å²) in [6.07, 6.45) is 1.65. The van der Waals surface area contributed by atoms with Gasteiger partial charge in [0.05, 0.1) is 11.6 Å². The molecule has 1 fully saturated rings. The van der Waals surface area contributed by atoms with Gasteiger partial charge in [-0.15, -0.1) is 0 Å². The molecule has 1 aliphatic rings. The Hall–Kier alpha value is -1.79. The SMILES string of the molecule is N#Cc1ccc2cc(C3(O)CC3)[nH]c2c1. The average molecular weight is 198 g/mol. The van der Waals surface area contributed by atoms with Crippen molar-refractivity contribution in [3.8, 4) is 6.07 Å². The summed E-state index contributed by atoms with van der Waals surface area (Å²) >= 11 is 0. The molecule has 0 radical (unpaired) electrons. The lowest BCUT2D eigenvalue weighted by Gasteiger charge is -2.01. The Balaban J connectivity index is 2.18. The van der Waals surface area contributed by atoms with E-state index in [2.05, 4.69) is 11.1 Å². The minimum absolute atomic E-state index is 0.633. The highest BCUT2D eigenvalue weighted by molar-refractivity contribution is 5.82. The maximum atomic E-state index is 9.93. The molecule has 1 aliphatic carbocycles. The number of aliphatic hydroxyl groups is 1. The van der Waals surface area contributed by atoms with Crippen molar-refractivity contribution < 1.29 is 5.11 Å². The fraction of sp³-hybridized carbons (Fsp3) is 0.250. The highest BCUT2D eigenvalue weighted by Crippen LogP contribution is 2.45. The van der Waals surface area contributed by atoms with Crippen LogP contribution in [0.3, 0.4) is 0 Å². The lowest BCUT2D eigenvalue weighted by Crippen LogP contribution is -2.03. The summed E-state index contributed by atoms with van der Waals surface area (Å²) in [5.41, 5.74) is 1.79. The third-order valence-corrected chi connectivity index (χ3v) is 2.98. The number of hydrogen-bond acceptors (Lipinski definition) is 2. The van der Waals surface area contributed by atoms with Crippen molar-refractivity contribution in [2.75, 3.05) is 0 Å². The van der Waals surface area contributed by atoms with Gasteiger partial charge in [-0.2, -0.15) is 5.26 Å². The van der Waals surface area contributed by atoms with Crippen LogP contribution in [0.25, 0.3) is 10.9 Å². The number of nitrogens with zero attached hydrogens (tertiary/aromatic N) is 1. The Morgan fingerprint density at radius 2 is 2.13 bits per heavy atom. The first-order valence-electron chi connectivity index (χ1n) is 4.97. The van der Waals surface area contributed by atoms with Crippen LogP contribution in [0.5, 0.6) is 0 Å². The van der Waals surface area contributed by atoms with E-state index in [9.17, 15) is 5.11 Å². The number of nitrogens with one attached hydrogen (secondary N) is 1. The van der Waals surface area contributed by atoms with Gasteiger partial charge in [0.1, 0.15) is 5.60 Å². The molecule has 0 spiro atoms. The van der Waals surface area contributed by atoms with Crippen LogP contribution < -0.4 is 0 Å². The molecule has 3 heteroatoms. The molecule has 3 nitrogen and oxygen atoms in total. The van der Waals surface area contributed by atoms with Crippen LogP contribution in [0.15, 0.2) is 24.3 Å². The molecular formula is C12H10N2O. The largest absolute Gasteiger partial charge is 0.384 e. The smallest absolute Gasteiger partial charge is 0.105 e. The van der Waals surface area contributed by atoms with E-state index in [0.717, 1.165) is 29.4 Å². The van der Waals surface area contributed by atoms with Gasteiger partial charge in [-0.05, 0) is 36.4 Å². The van der Waals surface area contributed by atoms with Gasteiger partial charge < -0.3 is 10.1 Å². The number of aromatic amines is 1. The van der Waals surface area contributed by atoms with E-state index in [4.69, 9.17) is 5.26 Å². The van der Waals surface area contributed by atoms with E-state index < -0.39 is 5.60 Å². The fourth-order valence-electron chi connectivity index (χ4n) is 1.84. The molecule has 0 aliphatic heterocycles. The zero-order valence-electron chi connectivity index (χ0n) is 8.12. The zero-order valence-corrected chi connectivity index (χ0v) is 8.12. The van der Waals surface area contributed by atoms with Crippen LogP contribution in [-0.4, -0.2) is 10.1 Å². The number of hydrogen-bond donors (Lipinski definition) is 2. The van der Waals surface area contributed by atoms with Crippen LogP contribution in [0, 0.1) is 11.3 Å².